The molecule has 24 heavy (non-hydrogen) atoms. The molecule has 6 nitrogen and oxygen atoms in total. The van der Waals surface area contributed by atoms with E-state index in [4.69, 9.17) is 0 Å². The standard InChI is InChI=1S/C17H20N4O2S/c1-4-14-15(20-10-19-14)7-12(9-22)21-17(23)16(18-3)8-13-6-5-11(2)24-13/h5-10,18H,4H2,1-3H3,(H,19,20)(H,21,23)/b12-7-,16-8-. The van der Waals surface area contributed by atoms with E-state index in [1.807, 2.05) is 26.0 Å². The Labute approximate surface area is 144 Å². The van der Waals surface area contributed by atoms with Crippen molar-refractivity contribution in [3.8, 4) is 0 Å². The van der Waals surface area contributed by atoms with Gasteiger partial charge in [-0.2, -0.15) is 0 Å². The minimum Gasteiger partial charge on any atom is -0.384 e. The summed E-state index contributed by atoms with van der Waals surface area (Å²) in [7, 11) is 1.67. The van der Waals surface area contributed by atoms with Crippen molar-refractivity contribution < 1.29 is 9.59 Å². The summed E-state index contributed by atoms with van der Waals surface area (Å²) in [5, 5.41) is 5.47. The molecule has 3 N–H and O–H groups in total. The van der Waals surface area contributed by atoms with Gasteiger partial charge in [-0.3, -0.25) is 9.59 Å². The van der Waals surface area contributed by atoms with Gasteiger partial charge in [-0.05, 0) is 37.6 Å². The topological polar surface area (TPSA) is 86.9 Å². The van der Waals surface area contributed by atoms with Crippen molar-refractivity contribution in [3.63, 3.8) is 0 Å². The molecule has 0 aliphatic heterocycles. The van der Waals surface area contributed by atoms with Gasteiger partial charge in [0.1, 0.15) is 5.70 Å². The average molecular weight is 344 g/mol. The molecule has 2 aromatic rings. The number of nitrogens with zero attached hydrogens (tertiary/aromatic N) is 1. The number of aromatic amines is 1. The van der Waals surface area contributed by atoms with Crippen LogP contribution in [0.25, 0.3) is 12.2 Å². The van der Waals surface area contributed by atoms with Gasteiger partial charge < -0.3 is 15.6 Å². The molecule has 1 amide bonds. The number of carbonyl (C=O) groups excluding carboxylic acids is 2. The third-order valence-corrected chi connectivity index (χ3v) is 4.29. The second-order valence-corrected chi connectivity index (χ2v) is 6.37. The quantitative estimate of drug-likeness (QED) is 0.531. The second-order valence-electron chi connectivity index (χ2n) is 5.05. The minimum atomic E-state index is -0.379. The maximum Gasteiger partial charge on any atom is 0.271 e. The smallest absolute Gasteiger partial charge is 0.271 e. The number of imidazole rings is 1. The van der Waals surface area contributed by atoms with Gasteiger partial charge in [0, 0.05) is 22.5 Å². The van der Waals surface area contributed by atoms with Crippen molar-refractivity contribution in [1.82, 2.24) is 20.6 Å². The molecular formula is C17H20N4O2S. The van der Waals surface area contributed by atoms with Crippen LogP contribution in [0.3, 0.4) is 0 Å². The number of nitrogens with one attached hydrogen (secondary N) is 3. The largest absolute Gasteiger partial charge is 0.384 e. The maximum absolute atomic E-state index is 12.4. The van der Waals surface area contributed by atoms with Crippen LogP contribution in [0.5, 0.6) is 0 Å². The predicted octanol–water partition coefficient (Wildman–Crippen LogP) is 2.26. The Bertz CT molecular complexity index is 786. The Morgan fingerprint density at radius 1 is 1.38 bits per heavy atom. The molecule has 0 bridgehead atoms. The van der Waals surface area contributed by atoms with Crippen molar-refractivity contribution in [1.29, 1.82) is 0 Å². The van der Waals surface area contributed by atoms with Crippen molar-refractivity contribution >= 4 is 35.7 Å². The molecule has 0 unspecified atom stereocenters. The van der Waals surface area contributed by atoms with Gasteiger partial charge in [0.05, 0.1) is 17.7 Å². The van der Waals surface area contributed by atoms with Crippen molar-refractivity contribution in [2.24, 2.45) is 0 Å². The number of aryl methyl sites for hydroxylation is 2. The highest BCUT2D eigenvalue weighted by molar-refractivity contribution is 7.12. The minimum absolute atomic E-state index is 0.158. The molecule has 0 saturated heterocycles. The summed E-state index contributed by atoms with van der Waals surface area (Å²) in [6.45, 7) is 3.98. The fourth-order valence-corrected chi connectivity index (χ4v) is 2.93. The van der Waals surface area contributed by atoms with Gasteiger partial charge in [0.15, 0.2) is 6.29 Å². The molecule has 0 fully saturated rings. The van der Waals surface area contributed by atoms with Crippen molar-refractivity contribution in [2.75, 3.05) is 7.05 Å². The zero-order valence-corrected chi connectivity index (χ0v) is 14.7. The Morgan fingerprint density at radius 3 is 2.75 bits per heavy atom. The van der Waals surface area contributed by atoms with Crippen LogP contribution < -0.4 is 10.6 Å². The molecule has 0 aromatic carbocycles. The zero-order chi connectivity index (χ0) is 17.5. The molecule has 2 rings (SSSR count). The average Bonchev–Trinajstić information content (AvgIpc) is 3.20. The summed E-state index contributed by atoms with van der Waals surface area (Å²) >= 11 is 1.59. The molecule has 0 radical (unpaired) electrons. The van der Waals surface area contributed by atoms with Crippen LogP contribution in [0.2, 0.25) is 0 Å². The van der Waals surface area contributed by atoms with Gasteiger partial charge in [0.25, 0.3) is 5.91 Å². The Morgan fingerprint density at radius 2 is 2.17 bits per heavy atom. The first-order chi connectivity index (χ1) is 11.6. The van der Waals surface area contributed by atoms with E-state index in [9.17, 15) is 9.59 Å². The van der Waals surface area contributed by atoms with Crippen LogP contribution >= 0.6 is 11.3 Å². The number of amides is 1. The molecule has 0 atom stereocenters. The van der Waals surface area contributed by atoms with E-state index in [2.05, 4.69) is 20.6 Å². The van der Waals surface area contributed by atoms with Crippen LogP contribution in [0.1, 0.15) is 28.1 Å². The normalized spacial score (nSPS) is 12.1. The van der Waals surface area contributed by atoms with Gasteiger partial charge in [-0.25, -0.2) is 4.98 Å². The highest BCUT2D eigenvalue weighted by atomic mass is 32.1. The molecule has 0 aliphatic carbocycles. The number of rotatable bonds is 7. The Hall–Kier alpha value is -2.67. The maximum atomic E-state index is 12.4. The lowest BCUT2D eigenvalue weighted by Crippen LogP contribution is -2.30. The highest BCUT2D eigenvalue weighted by Gasteiger charge is 2.11. The number of aldehydes is 1. The summed E-state index contributed by atoms with van der Waals surface area (Å²) in [5.74, 6) is -0.379. The number of carbonyl (C=O) groups is 2. The highest BCUT2D eigenvalue weighted by Crippen LogP contribution is 2.17. The van der Waals surface area contributed by atoms with Gasteiger partial charge >= 0.3 is 0 Å². The monoisotopic (exact) mass is 344 g/mol. The van der Waals surface area contributed by atoms with Crippen LogP contribution in [-0.4, -0.2) is 29.2 Å². The second kappa shape index (κ2) is 8.26. The van der Waals surface area contributed by atoms with E-state index < -0.39 is 0 Å². The number of H-pyrrole nitrogens is 1. The summed E-state index contributed by atoms with van der Waals surface area (Å²) in [5.41, 5.74) is 2.08. The number of thiophene rings is 1. The van der Waals surface area contributed by atoms with E-state index in [0.717, 1.165) is 21.9 Å². The molecule has 126 valence electrons. The Kier molecular flexibility index (Phi) is 6.08. The van der Waals surface area contributed by atoms with Gasteiger partial charge in [-0.1, -0.05) is 6.92 Å². The summed E-state index contributed by atoms with van der Waals surface area (Å²) in [4.78, 5) is 32.9. The summed E-state index contributed by atoms with van der Waals surface area (Å²) in [6.07, 6.45) is 6.23. The molecule has 2 aromatic heterocycles. The first kappa shape index (κ1) is 17.7. The number of aromatic nitrogens is 2. The first-order valence-corrected chi connectivity index (χ1v) is 8.35. The lowest BCUT2D eigenvalue weighted by molar-refractivity contribution is -0.118. The fraction of sp³-hybridized carbons (Fsp3) is 0.235. The third kappa shape index (κ3) is 4.42. The molecule has 0 saturated carbocycles. The molecular weight excluding hydrogens is 324 g/mol. The Balaban J connectivity index is 2.18. The SMILES string of the molecule is CCc1[nH]cnc1/C=C(/C=O)NC(=O)/C(=C/c1ccc(C)s1)NC. The third-order valence-electron chi connectivity index (χ3n) is 3.34. The molecule has 2 heterocycles. The van der Waals surface area contributed by atoms with Crippen molar-refractivity contribution in [3.05, 3.63) is 51.0 Å². The van der Waals surface area contributed by atoms with Crippen LogP contribution in [-0.2, 0) is 16.0 Å². The van der Waals surface area contributed by atoms with Crippen LogP contribution in [0.4, 0.5) is 0 Å². The fourth-order valence-electron chi connectivity index (χ4n) is 2.11. The number of hydrogen-bond acceptors (Lipinski definition) is 5. The molecule has 0 spiro atoms. The summed E-state index contributed by atoms with van der Waals surface area (Å²) in [6, 6.07) is 3.93. The zero-order valence-electron chi connectivity index (χ0n) is 13.8. The van der Waals surface area contributed by atoms with Gasteiger partial charge in [0.2, 0.25) is 0 Å². The van der Waals surface area contributed by atoms with E-state index in [1.54, 1.807) is 36.9 Å². The number of likely N-dealkylation sites (N-methyl/N-ethyl adjacent to an activating group) is 1. The van der Waals surface area contributed by atoms with Crippen LogP contribution in [0.15, 0.2) is 29.9 Å². The van der Waals surface area contributed by atoms with E-state index in [-0.39, 0.29) is 11.6 Å². The predicted molar refractivity (Wildman–Crippen MR) is 96.2 cm³/mol. The van der Waals surface area contributed by atoms with E-state index in [1.165, 1.54) is 0 Å². The van der Waals surface area contributed by atoms with Crippen molar-refractivity contribution in [2.45, 2.75) is 20.3 Å². The lowest BCUT2D eigenvalue weighted by Gasteiger charge is -2.08. The van der Waals surface area contributed by atoms with E-state index >= 15 is 0 Å². The van der Waals surface area contributed by atoms with Crippen LogP contribution in [0, 0.1) is 6.92 Å². The summed E-state index contributed by atoms with van der Waals surface area (Å²) < 4.78 is 0. The number of allylic oxidation sites excluding steroid dienone is 1. The molecule has 0 aliphatic rings. The number of hydrogen-bond donors (Lipinski definition) is 3. The van der Waals surface area contributed by atoms with E-state index in [0.29, 0.717) is 17.7 Å². The first-order valence-electron chi connectivity index (χ1n) is 7.53. The lowest BCUT2D eigenvalue weighted by atomic mass is 10.2. The van der Waals surface area contributed by atoms with Gasteiger partial charge in [-0.15, -0.1) is 11.3 Å². The molecule has 7 heteroatoms.